The molecule has 0 saturated carbocycles. The quantitative estimate of drug-likeness (QED) is 0.881. The lowest BCUT2D eigenvalue weighted by molar-refractivity contribution is 0.0324. The molecule has 5 heteroatoms. The van der Waals surface area contributed by atoms with Crippen LogP contribution in [0.1, 0.15) is 45.2 Å². The van der Waals surface area contributed by atoms with Gasteiger partial charge in [0.25, 0.3) is 0 Å². The van der Waals surface area contributed by atoms with Crippen LogP contribution in [0.3, 0.4) is 0 Å². The number of benzene rings is 1. The molecule has 1 aromatic rings. The molecule has 0 amide bonds. The first-order valence-corrected chi connectivity index (χ1v) is 8.74. The molecule has 2 atom stereocenters. The Balaban J connectivity index is 1.94. The second-order valence-electron chi connectivity index (χ2n) is 6.89. The number of rotatable bonds is 2. The van der Waals surface area contributed by atoms with Gasteiger partial charge < -0.3 is 10.1 Å². The summed E-state index contributed by atoms with van der Waals surface area (Å²) in [6.07, 6.45) is 1.86. The summed E-state index contributed by atoms with van der Waals surface area (Å²) in [7, 11) is -1.11. The van der Waals surface area contributed by atoms with E-state index in [0.29, 0.717) is 0 Å². The maximum Gasteiger partial charge on any atom is 0.132 e. The summed E-state index contributed by atoms with van der Waals surface area (Å²) in [6.45, 7) is 7.86. The van der Waals surface area contributed by atoms with Crippen LogP contribution in [0.5, 0.6) is 5.75 Å². The van der Waals surface area contributed by atoms with Gasteiger partial charge in [-0.1, -0.05) is 18.2 Å². The molecule has 2 N–H and O–H groups in total. The molecule has 3 rings (SSSR count). The molecule has 0 radical (unpaired) electrons. The van der Waals surface area contributed by atoms with Gasteiger partial charge in [0.15, 0.2) is 0 Å². The van der Waals surface area contributed by atoms with Gasteiger partial charge in [0.05, 0.1) is 21.8 Å². The van der Waals surface area contributed by atoms with Gasteiger partial charge in [-0.2, -0.15) is 0 Å². The summed E-state index contributed by atoms with van der Waals surface area (Å²) < 4.78 is 22.0. The fraction of sp³-hybridized carbons (Fsp3) is 0.625. The predicted molar refractivity (Wildman–Crippen MR) is 85.7 cm³/mol. The highest BCUT2D eigenvalue weighted by molar-refractivity contribution is 7.84. The van der Waals surface area contributed by atoms with Crippen LogP contribution < -0.4 is 14.8 Å². The maximum absolute atomic E-state index is 12.6. The van der Waals surface area contributed by atoms with Crippen LogP contribution in [0.4, 0.5) is 0 Å². The van der Waals surface area contributed by atoms with Crippen molar-refractivity contribution >= 4 is 11.0 Å². The summed E-state index contributed by atoms with van der Waals surface area (Å²) in [5.41, 5.74) is 0.868. The van der Waals surface area contributed by atoms with Crippen molar-refractivity contribution in [2.75, 3.05) is 13.1 Å². The van der Waals surface area contributed by atoms with E-state index in [1.807, 2.05) is 39.0 Å². The molecule has 1 fully saturated rings. The van der Waals surface area contributed by atoms with E-state index in [9.17, 15) is 4.21 Å². The Bertz CT molecular complexity index is 547. The largest absolute Gasteiger partial charge is 0.485 e. The second kappa shape index (κ2) is 5.38. The average Bonchev–Trinajstić information content (AvgIpc) is 2.72. The van der Waals surface area contributed by atoms with Crippen LogP contribution in [0.25, 0.3) is 0 Å². The van der Waals surface area contributed by atoms with Crippen molar-refractivity contribution in [3.8, 4) is 5.75 Å². The van der Waals surface area contributed by atoms with Crippen LogP contribution in [0, 0.1) is 0 Å². The predicted octanol–water partition coefficient (Wildman–Crippen LogP) is 2.29. The van der Waals surface area contributed by atoms with Crippen molar-refractivity contribution in [2.45, 2.75) is 50.0 Å². The summed E-state index contributed by atoms with van der Waals surface area (Å²) in [4.78, 5) is 0. The monoisotopic (exact) mass is 308 g/mol. The normalized spacial score (nSPS) is 25.4. The average molecular weight is 308 g/mol. The highest BCUT2D eigenvalue weighted by Crippen LogP contribution is 2.47. The van der Waals surface area contributed by atoms with Crippen molar-refractivity contribution < 1.29 is 8.95 Å². The van der Waals surface area contributed by atoms with Crippen molar-refractivity contribution in [2.24, 2.45) is 0 Å². The number of ether oxygens (including phenoxy) is 1. The molecule has 4 nitrogen and oxygen atoms in total. The summed E-state index contributed by atoms with van der Waals surface area (Å²) in [5.74, 6) is 0.933. The number of para-hydroxylation sites is 1. The molecule has 1 aromatic carbocycles. The third-order valence-electron chi connectivity index (χ3n) is 4.30. The van der Waals surface area contributed by atoms with Crippen molar-refractivity contribution in [3.63, 3.8) is 0 Å². The maximum atomic E-state index is 12.6. The zero-order valence-electron chi connectivity index (χ0n) is 12.9. The number of hydrogen-bond acceptors (Lipinski definition) is 3. The molecule has 1 spiro atoms. The van der Waals surface area contributed by atoms with E-state index in [1.54, 1.807) is 0 Å². The smallest absolute Gasteiger partial charge is 0.132 e. The zero-order chi connectivity index (χ0) is 15.1. The van der Waals surface area contributed by atoms with Gasteiger partial charge in [-0.25, -0.2) is 8.93 Å². The Morgan fingerprint density at radius 1 is 1.29 bits per heavy atom. The Morgan fingerprint density at radius 3 is 2.62 bits per heavy atom. The molecule has 1 unspecified atom stereocenters. The molecule has 1 saturated heterocycles. The lowest BCUT2D eigenvalue weighted by Gasteiger charge is -2.39. The van der Waals surface area contributed by atoms with Crippen LogP contribution in [0.15, 0.2) is 24.3 Å². The highest BCUT2D eigenvalue weighted by Gasteiger charge is 2.50. The number of nitrogens with one attached hydrogen (secondary N) is 2. The van der Waals surface area contributed by atoms with E-state index in [1.165, 1.54) is 0 Å². The Hall–Kier alpha value is -0.910. The van der Waals surface area contributed by atoms with Gasteiger partial charge in [0.1, 0.15) is 11.4 Å². The molecule has 2 aliphatic heterocycles. The minimum absolute atomic E-state index is 0.00383. The van der Waals surface area contributed by atoms with E-state index in [0.717, 1.165) is 37.2 Å². The first-order chi connectivity index (χ1) is 9.92. The van der Waals surface area contributed by atoms with Crippen LogP contribution in [-0.4, -0.2) is 27.6 Å². The summed E-state index contributed by atoms with van der Waals surface area (Å²) in [5, 5.41) is 3.38. The molecular weight excluding hydrogens is 284 g/mol. The fourth-order valence-electron chi connectivity index (χ4n) is 3.07. The van der Waals surface area contributed by atoms with Crippen LogP contribution >= 0.6 is 0 Å². The Morgan fingerprint density at radius 2 is 1.95 bits per heavy atom. The zero-order valence-corrected chi connectivity index (χ0v) is 13.8. The molecular formula is C16H24N2O2S. The summed E-state index contributed by atoms with van der Waals surface area (Å²) >= 11 is 0. The lowest BCUT2D eigenvalue weighted by atomic mass is 9.84. The van der Waals surface area contributed by atoms with Crippen molar-refractivity contribution in [3.05, 3.63) is 29.8 Å². The number of fused-ring (bicyclic) bond motifs is 1. The lowest BCUT2D eigenvalue weighted by Crippen LogP contribution is -2.53. The van der Waals surface area contributed by atoms with E-state index in [2.05, 4.69) is 16.1 Å². The van der Waals surface area contributed by atoms with Crippen LogP contribution in [-0.2, 0) is 11.0 Å². The molecule has 2 heterocycles. The van der Waals surface area contributed by atoms with Gasteiger partial charge in [0, 0.05) is 18.4 Å². The minimum atomic E-state index is -1.11. The molecule has 0 bridgehead atoms. The second-order valence-corrected chi connectivity index (χ2v) is 8.88. The number of hydrogen-bond donors (Lipinski definition) is 2. The van der Waals surface area contributed by atoms with Gasteiger partial charge in [-0.05, 0) is 39.9 Å². The van der Waals surface area contributed by atoms with E-state index in [4.69, 9.17) is 4.74 Å². The molecule has 2 aliphatic rings. The minimum Gasteiger partial charge on any atom is -0.485 e. The Labute approximate surface area is 129 Å². The van der Waals surface area contributed by atoms with E-state index >= 15 is 0 Å². The first kappa shape index (κ1) is 15.0. The first-order valence-electron chi connectivity index (χ1n) is 7.59. The number of piperidine rings is 1. The molecule has 0 aromatic heterocycles. The third kappa shape index (κ3) is 2.74. The summed E-state index contributed by atoms with van der Waals surface area (Å²) in [6, 6.07) is 8.12. The van der Waals surface area contributed by atoms with Gasteiger partial charge in [-0.15, -0.1) is 0 Å². The molecule has 0 aliphatic carbocycles. The Kier molecular flexibility index (Phi) is 3.84. The van der Waals surface area contributed by atoms with Crippen molar-refractivity contribution in [1.29, 1.82) is 0 Å². The van der Waals surface area contributed by atoms with E-state index < -0.39 is 11.0 Å². The van der Waals surface area contributed by atoms with Gasteiger partial charge in [0.2, 0.25) is 0 Å². The molecule has 21 heavy (non-hydrogen) atoms. The van der Waals surface area contributed by atoms with Crippen molar-refractivity contribution in [1.82, 2.24) is 10.0 Å². The highest BCUT2D eigenvalue weighted by atomic mass is 32.2. The van der Waals surface area contributed by atoms with Gasteiger partial charge in [-0.3, -0.25) is 0 Å². The molecule has 116 valence electrons. The third-order valence-corrected chi connectivity index (χ3v) is 5.86. The standard InChI is InChI=1S/C16H24N2O2S/c1-15(2,3)21(19)18-14-12-6-4-5-7-13(12)20-16(14)8-10-17-11-9-16/h4-7,14,17-18H,8-11H2,1-3H3/t14-,21?/m1/s1. The van der Waals surface area contributed by atoms with E-state index in [-0.39, 0.29) is 16.4 Å². The van der Waals surface area contributed by atoms with Crippen LogP contribution in [0.2, 0.25) is 0 Å². The SMILES string of the molecule is CC(C)(C)S(=O)N[C@@H]1c2ccccc2OC12CCNCC2. The topological polar surface area (TPSA) is 50.4 Å². The fourth-order valence-corrected chi connectivity index (χ4v) is 3.98. The van der Waals surface area contributed by atoms with Gasteiger partial charge >= 0.3 is 0 Å².